The molecular weight excluding hydrogens is 311 g/mol. The number of rotatable bonds is 3. The van der Waals surface area contributed by atoms with E-state index in [4.69, 9.17) is 0 Å². The summed E-state index contributed by atoms with van der Waals surface area (Å²) in [6.07, 6.45) is -1.97. The Hall–Kier alpha value is -2.97. The van der Waals surface area contributed by atoms with Gasteiger partial charge in [-0.25, -0.2) is 4.98 Å². The molecule has 9 heteroatoms. The highest BCUT2D eigenvalue weighted by molar-refractivity contribution is 5.86. The second-order valence-electron chi connectivity index (χ2n) is 4.61. The summed E-state index contributed by atoms with van der Waals surface area (Å²) in [5.41, 5.74) is -0.756. The first-order chi connectivity index (χ1) is 10.9. The summed E-state index contributed by atoms with van der Waals surface area (Å²) >= 11 is 0. The van der Waals surface area contributed by atoms with Gasteiger partial charge < -0.3 is 10.4 Å². The number of aromatic hydroxyl groups is 1. The Morgan fingerprint density at radius 3 is 2.57 bits per heavy atom. The second-order valence-corrected chi connectivity index (χ2v) is 4.61. The van der Waals surface area contributed by atoms with Gasteiger partial charge in [0, 0.05) is 24.5 Å². The Balaban J connectivity index is 1.93. The second kappa shape index (κ2) is 5.67. The van der Waals surface area contributed by atoms with Crippen LogP contribution in [0.25, 0.3) is 11.0 Å². The molecule has 0 amide bonds. The van der Waals surface area contributed by atoms with Crippen LogP contribution in [-0.4, -0.2) is 25.0 Å². The highest BCUT2D eigenvalue weighted by atomic mass is 19.4. The molecule has 3 heterocycles. The molecule has 0 fully saturated rings. The van der Waals surface area contributed by atoms with Crippen molar-refractivity contribution in [1.82, 2.24) is 19.9 Å². The van der Waals surface area contributed by atoms with Crippen LogP contribution in [0.15, 0.2) is 36.7 Å². The lowest BCUT2D eigenvalue weighted by atomic mass is 10.2. The van der Waals surface area contributed by atoms with E-state index in [0.717, 1.165) is 6.20 Å². The predicted molar refractivity (Wildman–Crippen MR) is 75.6 cm³/mol. The molecule has 0 aliphatic carbocycles. The lowest BCUT2D eigenvalue weighted by Gasteiger charge is -2.13. The van der Waals surface area contributed by atoms with E-state index in [2.05, 4.69) is 25.3 Å². The minimum absolute atomic E-state index is 0.0323. The summed E-state index contributed by atoms with van der Waals surface area (Å²) in [5.74, 6) is 0.192. The van der Waals surface area contributed by atoms with Gasteiger partial charge in [0.25, 0.3) is 0 Å². The molecule has 0 radical (unpaired) electrons. The lowest BCUT2D eigenvalue weighted by molar-refractivity contribution is -0.141. The minimum atomic E-state index is -4.55. The van der Waals surface area contributed by atoms with Crippen molar-refractivity contribution in [2.75, 3.05) is 5.32 Å². The van der Waals surface area contributed by atoms with E-state index in [9.17, 15) is 18.3 Å². The maximum Gasteiger partial charge on any atom is 0.433 e. The van der Waals surface area contributed by atoms with Gasteiger partial charge in [-0.15, -0.1) is 0 Å². The zero-order chi connectivity index (χ0) is 16.4. The van der Waals surface area contributed by atoms with E-state index >= 15 is 0 Å². The molecule has 2 N–H and O–H groups in total. The van der Waals surface area contributed by atoms with Crippen LogP contribution in [0, 0.1) is 0 Å². The predicted octanol–water partition coefficient (Wildman–Crippen LogP) is 2.76. The van der Waals surface area contributed by atoms with Crippen LogP contribution in [-0.2, 0) is 12.7 Å². The van der Waals surface area contributed by atoms with Gasteiger partial charge in [0.1, 0.15) is 11.5 Å². The smallest absolute Gasteiger partial charge is 0.433 e. The van der Waals surface area contributed by atoms with Crippen LogP contribution in [0.1, 0.15) is 11.3 Å². The molecule has 0 saturated heterocycles. The zero-order valence-electron chi connectivity index (χ0n) is 11.5. The fourth-order valence-corrected chi connectivity index (χ4v) is 2.10. The van der Waals surface area contributed by atoms with Gasteiger partial charge in [-0.3, -0.25) is 4.98 Å². The fraction of sp³-hybridized carbons (Fsp3) is 0.143. The van der Waals surface area contributed by atoms with Crippen molar-refractivity contribution in [3.05, 3.63) is 47.9 Å². The molecule has 0 aliphatic heterocycles. The van der Waals surface area contributed by atoms with Gasteiger partial charge in [0.15, 0.2) is 5.65 Å². The summed E-state index contributed by atoms with van der Waals surface area (Å²) in [4.78, 5) is 14.9. The summed E-state index contributed by atoms with van der Waals surface area (Å²) in [6, 6.07) is 5.52. The number of aromatic nitrogens is 4. The van der Waals surface area contributed by atoms with Crippen LogP contribution < -0.4 is 5.32 Å². The third-order valence-corrected chi connectivity index (χ3v) is 3.07. The number of hydrogen-bond donors (Lipinski definition) is 2. The van der Waals surface area contributed by atoms with Gasteiger partial charge in [-0.2, -0.15) is 23.1 Å². The molecule has 0 saturated carbocycles. The van der Waals surface area contributed by atoms with Crippen molar-refractivity contribution in [2.24, 2.45) is 0 Å². The number of nitrogens with one attached hydrogen (secondary N) is 1. The van der Waals surface area contributed by atoms with Crippen molar-refractivity contribution >= 4 is 16.9 Å². The largest absolute Gasteiger partial charge is 0.479 e. The molecule has 118 valence electrons. The first kappa shape index (κ1) is 14.9. The van der Waals surface area contributed by atoms with E-state index in [1.165, 1.54) is 18.3 Å². The average molecular weight is 321 g/mol. The Labute approximate surface area is 128 Å². The van der Waals surface area contributed by atoms with Gasteiger partial charge in [0.2, 0.25) is 0 Å². The molecule has 6 nitrogen and oxygen atoms in total. The van der Waals surface area contributed by atoms with Crippen molar-refractivity contribution in [2.45, 2.75) is 12.7 Å². The monoisotopic (exact) mass is 321 g/mol. The van der Waals surface area contributed by atoms with Crippen molar-refractivity contribution in [1.29, 1.82) is 0 Å². The maximum absolute atomic E-state index is 12.9. The topological polar surface area (TPSA) is 83.8 Å². The first-order valence-corrected chi connectivity index (χ1v) is 6.52. The summed E-state index contributed by atoms with van der Waals surface area (Å²) in [5, 5.41) is 12.8. The molecule has 0 atom stereocenters. The van der Waals surface area contributed by atoms with Crippen molar-refractivity contribution in [3.8, 4) is 6.01 Å². The third kappa shape index (κ3) is 3.12. The maximum atomic E-state index is 12.9. The molecule has 23 heavy (non-hydrogen) atoms. The number of alkyl halides is 3. The molecule has 3 rings (SSSR count). The van der Waals surface area contributed by atoms with Crippen LogP contribution in [0.3, 0.4) is 0 Å². The summed E-state index contributed by atoms with van der Waals surface area (Å²) in [7, 11) is 0. The van der Waals surface area contributed by atoms with E-state index in [1.54, 1.807) is 12.1 Å². The van der Waals surface area contributed by atoms with E-state index in [0.29, 0.717) is 5.39 Å². The van der Waals surface area contributed by atoms with Crippen LogP contribution in [0.2, 0.25) is 0 Å². The number of fused-ring (bicyclic) bond motifs is 1. The zero-order valence-corrected chi connectivity index (χ0v) is 11.5. The Morgan fingerprint density at radius 1 is 1.04 bits per heavy atom. The number of halogens is 3. The molecule has 0 unspecified atom stereocenters. The molecular formula is C14H10F3N5O. The molecule has 0 spiro atoms. The SMILES string of the molecule is Oc1nc(NCc2cccnc2C(F)(F)F)c2cccnc2n1. The lowest BCUT2D eigenvalue weighted by Crippen LogP contribution is -2.14. The number of anilines is 1. The van der Waals surface area contributed by atoms with Gasteiger partial charge in [-0.1, -0.05) is 6.07 Å². The van der Waals surface area contributed by atoms with Crippen LogP contribution in [0.5, 0.6) is 6.01 Å². The van der Waals surface area contributed by atoms with Crippen LogP contribution in [0.4, 0.5) is 19.0 Å². The highest BCUT2D eigenvalue weighted by Crippen LogP contribution is 2.30. The fourth-order valence-electron chi connectivity index (χ4n) is 2.10. The minimum Gasteiger partial charge on any atom is -0.479 e. The molecule has 0 aliphatic rings. The van der Waals surface area contributed by atoms with Crippen molar-refractivity contribution in [3.63, 3.8) is 0 Å². The quantitative estimate of drug-likeness (QED) is 0.772. The van der Waals surface area contributed by atoms with E-state index in [1.807, 2.05) is 0 Å². The van der Waals surface area contributed by atoms with E-state index in [-0.39, 0.29) is 23.6 Å². The summed E-state index contributed by atoms with van der Waals surface area (Å²) in [6.45, 7) is -0.164. The van der Waals surface area contributed by atoms with Gasteiger partial charge >= 0.3 is 12.2 Å². The van der Waals surface area contributed by atoms with Crippen molar-refractivity contribution < 1.29 is 18.3 Å². The molecule has 0 bridgehead atoms. The van der Waals surface area contributed by atoms with Crippen LogP contribution >= 0.6 is 0 Å². The van der Waals surface area contributed by atoms with Gasteiger partial charge in [-0.05, 0) is 18.2 Å². The average Bonchev–Trinajstić information content (AvgIpc) is 2.52. The Kier molecular flexibility index (Phi) is 3.68. The number of nitrogens with zero attached hydrogens (tertiary/aromatic N) is 4. The number of pyridine rings is 2. The molecule has 3 aromatic heterocycles. The normalized spacial score (nSPS) is 11.6. The standard InChI is InChI=1S/C14H10F3N5O/c15-14(16,17)10-8(3-1-5-18-10)7-20-12-9-4-2-6-19-11(9)21-13(23)22-12/h1-6H,7H2,(H2,19,20,21,22,23). The first-order valence-electron chi connectivity index (χ1n) is 6.52. The Bertz CT molecular complexity index is 853. The Morgan fingerprint density at radius 2 is 1.78 bits per heavy atom. The highest BCUT2D eigenvalue weighted by Gasteiger charge is 2.34. The van der Waals surface area contributed by atoms with E-state index < -0.39 is 17.9 Å². The number of hydrogen-bond acceptors (Lipinski definition) is 6. The molecule has 3 aromatic rings. The third-order valence-electron chi connectivity index (χ3n) is 3.07. The van der Waals surface area contributed by atoms with Gasteiger partial charge in [0.05, 0.1) is 5.39 Å². The summed E-state index contributed by atoms with van der Waals surface area (Å²) < 4.78 is 38.8. The molecule has 0 aromatic carbocycles.